The van der Waals surface area contributed by atoms with E-state index in [1.165, 1.54) is 19.1 Å². The molecule has 1 rings (SSSR count). The normalized spacial score (nSPS) is 12.0. The van der Waals surface area contributed by atoms with Gasteiger partial charge in [-0.3, -0.25) is 5.21 Å². The summed E-state index contributed by atoms with van der Waals surface area (Å²) in [6.45, 7) is 1.31. The molecule has 0 saturated heterocycles. The maximum absolute atomic E-state index is 13.1. The van der Waals surface area contributed by atoms with Crippen LogP contribution in [0.2, 0.25) is 0 Å². The fraction of sp³-hybridized carbons (Fsp3) is 0.250. The quantitative estimate of drug-likeness (QED) is 0.778. The van der Waals surface area contributed by atoms with Crippen LogP contribution in [-0.4, -0.2) is 24.6 Å². The third-order valence-electron chi connectivity index (χ3n) is 1.66. The lowest BCUT2D eigenvalue weighted by molar-refractivity contribution is 0.00833. The molecule has 0 radical (unpaired) electrons. The van der Waals surface area contributed by atoms with E-state index in [-0.39, 0.29) is 11.0 Å². The van der Waals surface area contributed by atoms with Gasteiger partial charge >= 0.3 is 0 Å². The second kappa shape index (κ2) is 4.04. The molecular weight excluding hydrogens is 209 g/mol. The number of benzene rings is 1. The standard InChI is InChI=1S/C8H10FNO3S/c1-2-10(11)14(12,13)8-6-4-3-5-7(8)9/h3-6,11H,2H2,1H3. The van der Waals surface area contributed by atoms with Crippen LogP contribution in [-0.2, 0) is 10.0 Å². The van der Waals surface area contributed by atoms with Crippen molar-refractivity contribution in [3.05, 3.63) is 30.1 Å². The number of hydrogen-bond acceptors (Lipinski definition) is 3. The van der Waals surface area contributed by atoms with Gasteiger partial charge < -0.3 is 0 Å². The average molecular weight is 219 g/mol. The van der Waals surface area contributed by atoms with Crippen LogP contribution < -0.4 is 0 Å². The molecule has 0 bridgehead atoms. The zero-order valence-corrected chi connectivity index (χ0v) is 8.33. The molecule has 0 fully saturated rings. The molecule has 0 aliphatic rings. The van der Waals surface area contributed by atoms with Gasteiger partial charge in [-0.15, -0.1) is 0 Å². The third kappa shape index (κ3) is 1.92. The molecule has 0 atom stereocenters. The van der Waals surface area contributed by atoms with E-state index in [2.05, 4.69) is 0 Å². The molecule has 0 spiro atoms. The summed E-state index contributed by atoms with van der Waals surface area (Å²) < 4.78 is 36.0. The van der Waals surface area contributed by atoms with E-state index in [1.807, 2.05) is 0 Å². The Kier molecular flexibility index (Phi) is 3.20. The SMILES string of the molecule is CCN(O)S(=O)(=O)c1ccccc1F. The summed E-state index contributed by atoms with van der Waals surface area (Å²) in [5, 5.41) is 9.04. The maximum Gasteiger partial charge on any atom is 0.267 e. The Hall–Kier alpha value is -0.980. The molecule has 6 heteroatoms. The van der Waals surface area contributed by atoms with Gasteiger partial charge in [-0.25, -0.2) is 12.8 Å². The first-order valence-corrected chi connectivity index (χ1v) is 5.40. The van der Waals surface area contributed by atoms with E-state index in [4.69, 9.17) is 5.21 Å². The Balaban J connectivity index is 3.24. The molecule has 0 aromatic heterocycles. The maximum atomic E-state index is 13.1. The molecule has 1 aromatic carbocycles. The summed E-state index contributed by atoms with van der Waals surface area (Å²) >= 11 is 0. The molecule has 78 valence electrons. The predicted octanol–water partition coefficient (Wildman–Crippen LogP) is 1.23. The van der Waals surface area contributed by atoms with Crippen molar-refractivity contribution < 1.29 is 18.0 Å². The highest BCUT2D eigenvalue weighted by Crippen LogP contribution is 2.16. The predicted molar refractivity (Wildman–Crippen MR) is 47.8 cm³/mol. The summed E-state index contributed by atoms with van der Waals surface area (Å²) in [7, 11) is -4.11. The van der Waals surface area contributed by atoms with Crippen LogP contribution in [0.25, 0.3) is 0 Å². The number of hydrogen-bond donors (Lipinski definition) is 1. The molecular formula is C8H10FNO3S. The molecule has 1 N–H and O–H groups in total. The Morgan fingerprint density at radius 1 is 1.43 bits per heavy atom. The highest BCUT2D eigenvalue weighted by Gasteiger charge is 2.24. The number of nitrogens with zero attached hydrogens (tertiary/aromatic N) is 1. The van der Waals surface area contributed by atoms with Gasteiger partial charge in [-0.05, 0) is 19.1 Å². The first-order chi connectivity index (χ1) is 6.50. The molecule has 4 nitrogen and oxygen atoms in total. The second-order valence-electron chi connectivity index (χ2n) is 2.57. The van der Waals surface area contributed by atoms with E-state index >= 15 is 0 Å². The van der Waals surface area contributed by atoms with Crippen molar-refractivity contribution in [3.8, 4) is 0 Å². The minimum atomic E-state index is -4.11. The molecule has 1 aromatic rings. The fourth-order valence-corrected chi connectivity index (χ4v) is 2.07. The largest absolute Gasteiger partial charge is 0.299 e. The Bertz CT molecular complexity index is 418. The van der Waals surface area contributed by atoms with Crippen LogP contribution in [0, 0.1) is 5.82 Å². The zero-order chi connectivity index (χ0) is 10.8. The average Bonchev–Trinajstić information content (AvgIpc) is 2.17. The number of hydroxylamine groups is 1. The van der Waals surface area contributed by atoms with Gasteiger partial charge in [0, 0.05) is 6.54 Å². The van der Waals surface area contributed by atoms with Crippen LogP contribution >= 0.6 is 0 Å². The lowest BCUT2D eigenvalue weighted by atomic mass is 10.4. The number of rotatable bonds is 3. The molecule has 0 unspecified atom stereocenters. The summed E-state index contributed by atoms with van der Waals surface area (Å²) in [5.74, 6) is -0.875. The highest BCUT2D eigenvalue weighted by molar-refractivity contribution is 7.89. The van der Waals surface area contributed by atoms with Crippen molar-refractivity contribution in [2.45, 2.75) is 11.8 Å². The molecule has 0 heterocycles. The van der Waals surface area contributed by atoms with Crippen molar-refractivity contribution in [2.75, 3.05) is 6.54 Å². The van der Waals surface area contributed by atoms with Crippen molar-refractivity contribution >= 4 is 10.0 Å². The van der Waals surface area contributed by atoms with Crippen LogP contribution in [0.1, 0.15) is 6.92 Å². The van der Waals surface area contributed by atoms with Crippen molar-refractivity contribution in [3.63, 3.8) is 0 Å². The first-order valence-electron chi connectivity index (χ1n) is 3.96. The smallest absolute Gasteiger partial charge is 0.267 e. The van der Waals surface area contributed by atoms with Gasteiger partial charge in [0.15, 0.2) is 0 Å². The van der Waals surface area contributed by atoms with E-state index in [1.54, 1.807) is 0 Å². The van der Waals surface area contributed by atoms with Crippen molar-refractivity contribution in [1.29, 1.82) is 0 Å². The van der Waals surface area contributed by atoms with Gasteiger partial charge in [0.25, 0.3) is 10.0 Å². The van der Waals surface area contributed by atoms with Crippen LogP contribution in [0.15, 0.2) is 29.2 Å². The van der Waals surface area contributed by atoms with Crippen LogP contribution in [0.5, 0.6) is 0 Å². The van der Waals surface area contributed by atoms with Crippen molar-refractivity contribution in [1.82, 2.24) is 4.47 Å². The number of sulfonamides is 1. The summed E-state index contributed by atoms with van der Waals surface area (Å²) in [6.07, 6.45) is 0. The van der Waals surface area contributed by atoms with Gasteiger partial charge in [-0.1, -0.05) is 16.6 Å². The van der Waals surface area contributed by atoms with Crippen LogP contribution in [0.3, 0.4) is 0 Å². The van der Waals surface area contributed by atoms with Gasteiger partial charge in [0.2, 0.25) is 0 Å². The lowest BCUT2D eigenvalue weighted by Crippen LogP contribution is -2.27. The lowest BCUT2D eigenvalue weighted by Gasteiger charge is -2.12. The molecule has 0 saturated carbocycles. The molecule has 0 aliphatic heterocycles. The highest BCUT2D eigenvalue weighted by atomic mass is 32.2. The van der Waals surface area contributed by atoms with Gasteiger partial charge in [0.05, 0.1) is 0 Å². The Morgan fingerprint density at radius 3 is 2.50 bits per heavy atom. The van der Waals surface area contributed by atoms with E-state index in [0.29, 0.717) is 0 Å². The van der Waals surface area contributed by atoms with E-state index in [9.17, 15) is 12.8 Å². The van der Waals surface area contributed by atoms with E-state index in [0.717, 1.165) is 12.1 Å². The zero-order valence-electron chi connectivity index (χ0n) is 7.51. The minimum absolute atomic E-state index is 0.103. The van der Waals surface area contributed by atoms with Gasteiger partial charge in [-0.2, -0.15) is 0 Å². The summed E-state index contributed by atoms with van der Waals surface area (Å²) in [6, 6.07) is 4.89. The number of halogens is 1. The Morgan fingerprint density at radius 2 is 2.00 bits per heavy atom. The van der Waals surface area contributed by atoms with Crippen molar-refractivity contribution in [2.24, 2.45) is 0 Å². The van der Waals surface area contributed by atoms with E-state index < -0.39 is 20.7 Å². The second-order valence-corrected chi connectivity index (χ2v) is 4.39. The topological polar surface area (TPSA) is 57.6 Å². The molecule has 0 amide bonds. The fourth-order valence-electron chi connectivity index (χ4n) is 0.937. The molecule has 14 heavy (non-hydrogen) atoms. The monoisotopic (exact) mass is 219 g/mol. The third-order valence-corrected chi connectivity index (χ3v) is 3.36. The van der Waals surface area contributed by atoms with Crippen LogP contribution in [0.4, 0.5) is 4.39 Å². The summed E-state index contributed by atoms with van der Waals surface area (Å²) in [5.41, 5.74) is 0. The first kappa shape index (κ1) is 11.1. The minimum Gasteiger partial charge on any atom is -0.299 e. The Labute approximate surface area is 81.6 Å². The summed E-state index contributed by atoms with van der Waals surface area (Å²) in [4.78, 5) is -0.524. The molecule has 0 aliphatic carbocycles. The van der Waals surface area contributed by atoms with Gasteiger partial charge in [0.1, 0.15) is 10.7 Å².